The number of hydrogen-bond acceptors (Lipinski definition) is 8. The molecule has 0 amide bonds. The third kappa shape index (κ3) is 3.58. The van der Waals surface area contributed by atoms with Crippen LogP contribution in [0.3, 0.4) is 0 Å². The molecule has 1 aliphatic rings. The third-order valence-corrected chi connectivity index (χ3v) is 5.60. The van der Waals surface area contributed by atoms with Crippen molar-refractivity contribution in [3.63, 3.8) is 0 Å². The number of pyridine rings is 1. The smallest absolute Gasteiger partial charge is 0.228 e. The number of nitrogens with zero attached hydrogens (tertiary/aromatic N) is 6. The van der Waals surface area contributed by atoms with E-state index < -0.39 is 0 Å². The molecule has 4 heterocycles. The number of aromatic nitrogens is 5. The molecule has 3 aromatic heterocycles. The van der Waals surface area contributed by atoms with Gasteiger partial charge in [0.2, 0.25) is 5.95 Å². The fourth-order valence-electron chi connectivity index (χ4n) is 4.01. The molecule has 1 fully saturated rings. The molecule has 5 rings (SSSR count). The largest absolute Gasteiger partial charge is 0.490 e. The number of fused-ring (bicyclic) bond motifs is 1. The van der Waals surface area contributed by atoms with Crippen LogP contribution in [0.4, 0.5) is 17.3 Å². The van der Waals surface area contributed by atoms with Crippen molar-refractivity contribution in [3.8, 4) is 17.0 Å². The standard InChI is InChI=1S/C22H24N8O/c1-29-13-26-21-20(29)19(18-16(23)3-2-4-17(18)24)27-22(28-21)30-11-7-15(8-12-30)31-14-5-9-25-10-6-14/h2-6,9-10,13,15H,7-8,11-12,23-24H2,1H3. The van der Waals surface area contributed by atoms with E-state index in [4.69, 9.17) is 26.2 Å². The summed E-state index contributed by atoms with van der Waals surface area (Å²) in [5, 5.41) is 0. The van der Waals surface area contributed by atoms with Gasteiger partial charge >= 0.3 is 0 Å². The van der Waals surface area contributed by atoms with Crippen LogP contribution in [0.25, 0.3) is 22.4 Å². The van der Waals surface area contributed by atoms with Gasteiger partial charge in [0.25, 0.3) is 0 Å². The Balaban J connectivity index is 1.45. The van der Waals surface area contributed by atoms with Gasteiger partial charge in [0.1, 0.15) is 23.1 Å². The van der Waals surface area contributed by atoms with Crippen molar-refractivity contribution in [1.29, 1.82) is 0 Å². The Morgan fingerprint density at radius 3 is 2.42 bits per heavy atom. The maximum atomic E-state index is 6.28. The first-order valence-electron chi connectivity index (χ1n) is 10.2. The molecule has 0 bridgehead atoms. The summed E-state index contributed by atoms with van der Waals surface area (Å²) < 4.78 is 7.98. The molecule has 31 heavy (non-hydrogen) atoms. The number of piperidine rings is 1. The summed E-state index contributed by atoms with van der Waals surface area (Å²) in [6.45, 7) is 1.57. The maximum Gasteiger partial charge on any atom is 0.228 e. The minimum absolute atomic E-state index is 0.150. The summed E-state index contributed by atoms with van der Waals surface area (Å²) >= 11 is 0. The second kappa shape index (κ2) is 7.75. The van der Waals surface area contributed by atoms with Crippen molar-refractivity contribution < 1.29 is 4.74 Å². The zero-order valence-electron chi connectivity index (χ0n) is 17.3. The van der Waals surface area contributed by atoms with Gasteiger partial charge < -0.3 is 25.7 Å². The Morgan fingerprint density at radius 2 is 1.71 bits per heavy atom. The van der Waals surface area contributed by atoms with Gasteiger partial charge in [0, 0.05) is 62.3 Å². The second-order valence-electron chi connectivity index (χ2n) is 7.70. The first kappa shape index (κ1) is 19.1. The number of hydrogen-bond donors (Lipinski definition) is 2. The normalized spacial score (nSPS) is 14.8. The van der Waals surface area contributed by atoms with Gasteiger partial charge in [-0.1, -0.05) is 6.07 Å². The number of benzene rings is 1. The van der Waals surface area contributed by atoms with Crippen molar-refractivity contribution in [2.45, 2.75) is 18.9 Å². The Kier molecular flexibility index (Phi) is 4.78. The lowest BCUT2D eigenvalue weighted by Gasteiger charge is -2.32. The number of ether oxygens (including phenoxy) is 1. The van der Waals surface area contributed by atoms with Crippen molar-refractivity contribution in [2.75, 3.05) is 29.5 Å². The van der Waals surface area contributed by atoms with E-state index in [0.717, 1.165) is 42.8 Å². The number of anilines is 3. The number of nitrogens with two attached hydrogens (primary N) is 2. The zero-order chi connectivity index (χ0) is 21.4. The first-order valence-corrected chi connectivity index (χ1v) is 10.2. The fourth-order valence-corrected chi connectivity index (χ4v) is 4.01. The molecule has 0 unspecified atom stereocenters. The van der Waals surface area contributed by atoms with Crippen LogP contribution in [-0.2, 0) is 7.05 Å². The molecule has 0 aliphatic carbocycles. The summed E-state index contributed by atoms with van der Waals surface area (Å²) in [7, 11) is 1.92. The molecule has 1 aromatic carbocycles. The highest BCUT2D eigenvalue weighted by Crippen LogP contribution is 2.35. The predicted octanol–water partition coefficient (Wildman–Crippen LogP) is 2.64. The number of nitrogen functional groups attached to an aromatic ring is 2. The van der Waals surface area contributed by atoms with Crippen LogP contribution in [0.5, 0.6) is 5.75 Å². The highest BCUT2D eigenvalue weighted by molar-refractivity contribution is 5.97. The van der Waals surface area contributed by atoms with E-state index in [2.05, 4.69) is 14.9 Å². The molecule has 0 radical (unpaired) electrons. The van der Waals surface area contributed by atoms with Gasteiger partial charge in [-0.15, -0.1) is 0 Å². The van der Waals surface area contributed by atoms with E-state index in [1.54, 1.807) is 18.7 Å². The Bertz CT molecular complexity index is 1190. The molecule has 1 saturated heterocycles. The SMILES string of the molecule is Cn1cnc2nc(N3CCC(Oc4ccncc4)CC3)nc(-c3c(N)cccc3N)c21. The molecule has 158 valence electrons. The average molecular weight is 416 g/mol. The van der Waals surface area contributed by atoms with Gasteiger partial charge in [0.05, 0.1) is 6.33 Å². The zero-order valence-corrected chi connectivity index (χ0v) is 17.3. The van der Waals surface area contributed by atoms with Crippen molar-refractivity contribution in [1.82, 2.24) is 24.5 Å². The van der Waals surface area contributed by atoms with Gasteiger partial charge in [-0.2, -0.15) is 4.98 Å². The van der Waals surface area contributed by atoms with Crippen molar-refractivity contribution in [3.05, 3.63) is 49.1 Å². The van der Waals surface area contributed by atoms with Gasteiger partial charge in [-0.05, 0) is 24.3 Å². The highest BCUT2D eigenvalue weighted by Gasteiger charge is 2.25. The molecule has 0 atom stereocenters. The van der Waals surface area contributed by atoms with Gasteiger partial charge in [-0.3, -0.25) is 4.98 Å². The monoisotopic (exact) mass is 416 g/mol. The average Bonchev–Trinajstić information content (AvgIpc) is 3.16. The fraction of sp³-hybridized carbons (Fsp3) is 0.273. The molecular formula is C22H24N8O. The number of rotatable bonds is 4. The van der Waals surface area contributed by atoms with Crippen LogP contribution < -0.4 is 21.1 Å². The Hall–Kier alpha value is -3.88. The number of aryl methyl sites for hydroxylation is 1. The van der Waals surface area contributed by atoms with Crippen LogP contribution in [0.2, 0.25) is 0 Å². The minimum Gasteiger partial charge on any atom is -0.490 e. The lowest BCUT2D eigenvalue weighted by atomic mass is 10.1. The van der Waals surface area contributed by atoms with Crippen molar-refractivity contribution in [2.24, 2.45) is 7.05 Å². The van der Waals surface area contributed by atoms with E-state index >= 15 is 0 Å². The number of imidazole rings is 1. The summed E-state index contributed by atoms with van der Waals surface area (Å²) in [5.74, 6) is 1.48. The van der Waals surface area contributed by atoms with E-state index in [1.807, 2.05) is 41.9 Å². The van der Waals surface area contributed by atoms with E-state index in [-0.39, 0.29) is 6.10 Å². The van der Waals surface area contributed by atoms with Crippen LogP contribution >= 0.6 is 0 Å². The quantitative estimate of drug-likeness (QED) is 0.487. The van der Waals surface area contributed by atoms with Gasteiger partial charge in [-0.25, -0.2) is 9.97 Å². The highest BCUT2D eigenvalue weighted by atomic mass is 16.5. The summed E-state index contributed by atoms with van der Waals surface area (Å²) in [5.41, 5.74) is 16.6. The molecule has 9 nitrogen and oxygen atoms in total. The van der Waals surface area contributed by atoms with Crippen LogP contribution in [-0.4, -0.2) is 43.7 Å². The third-order valence-electron chi connectivity index (χ3n) is 5.60. The van der Waals surface area contributed by atoms with Gasteiger partial charge in [0.15, 0.2) is 5.65 Å². The molecular weight excluding hydrogens is 392 g/mol. The lowest BCUT2D eigenvalue weighted by molar-refractivity contribution is 0.170. The molecule has 4 N–H and O–H groups in total. The molecule has 0 spiro atoms. The molecule has 9 heteroatoms. The van der Waals surface area contributed by atoms with Crippen LogP contribution in [0.15, 0.2) is 49.1 Å². The molecule has 4 aromatic rings. The van der Waals surface area contributed by atoms with E-state index in [1.165, 1.54) is 0 Å². The maximum absolute atomic E-state index is 6.28. The second-order valence-corrected chi connectivity index (χ2v) is 7.70. The van der Waals surface area contributed by atoms with Crippen molar-refractivity contribution >= 4 is 28.5 Å². The summed E-state index contributed by atoms with van der Waals surface area (Å²) in [6, 6.07) is 9.26. The topological polar surface area (TPSA) is 121 Å². The Morgan fingerprint density at radius 1 is 1.00 bits per heavy atom. The molecule has 1 aliphatic heterocycles. The van der Waals surface area contributed by atoms with Crippen LogP contribution in [0, 0.1) is 0 Å². The van der Waals surface area contributed by atoms with Crippen LogP contribution in [0.1, 0.15) is 12.8 Å². The van der Waals surface area contributed by atoms with E-state index in [9.17, 15) is 0 Å². The predicted molar refractivity (Wildman–Crippen MR) is 121 cm³/mol. The summed E-state index contributed by atoms with van der Waals surface area (Å²) in [4.78, 5) is 20.3. The summed E-state index contributed by atoms with van der Waals surface area (Å²) in [6.07, 6.45) is 7.10. The van der Waals surface area contributed by atoms with E-state index in [0.29, 0.717) is 28.7 Å². The molecule has 0 saturated carbocycles. The first-order chi connectivity index (χ1) is 15.1. The minimum atomic E-state index is 0.150. The lowest BCUT2D eigenvalue weighted by Crippen LogP contribution is -2.39. The Labute approximate surface area is 179 Å².